The van der Waals surface area contributed by atoms with E-state index in [2.05, 4.69) is 95.3 Å². The van der Waals surface area contributed by atoms with Crippen LogP contribution >= 0.6 is 57.7 Å². The summed E-state index contributed by atoms with van der Waals surface area (Å²) in [4.78, 5) is 31.2. The van der Waals surface area contributed by atoms with E-state index in [1.54, 1.807) is 83.1 Å². The molecule has 0 bridgehead atoms. The minimum absolute atomic E-state index is 0. The van der Waals surface area contributed by atoms with Crippen molar-refractivity contribution in [2.45, 2.75) is 98.0 Å². The number of carboxylic acid groups (broad SMARTS) is 1. The number of aromatic carboxylic acids is 1. The van der Waals surface area contributed by atoms with Crippen molar-refractivity contribution < 1.29 is 66.6 Å². The van der Waals surface area contributed by atoms with Gasteiger partial charge in [0.25, 0.3) is 0 Å². The second-order valence-corrected chi connectivity index (χ2v) is 25.0. The zero-order valence-corrected chi connectivity index (χ0v) is 56.1. The number of carbonyl (C=O) groups is 2. The quantitative estimate of drug-likeness (QED) is 0.00965. The number of nitrogens with zero attached hydrogens (tertiary/aromatic N) is 10. The number of carbonyl (C=O) groups excluding carboxylic acids is 1. The Balaban J connectivity index is 0.000000300. The Labute approximate surface area is 573 Å². The normalized spacial score (nSPS) is 13.5. The third-order valence-electron chi connectivity index (χ3n) is 12.7. The third kappa shape index (κ3) is 23.0. The van der Waals surface area contributed by atoms with Crippen molar-refractivity contribution >= 4 is 103 Å². The summed E-state index contributed by atoms with van der Waals surface area (Å²) in [7, 11) is 0. The van der Waals surface area contributed by atoms with Gasteiger partial charge in [0, 0.05) is 90.1 Å². The number of aromatic nitrogens is 5. The van der Waals surface area contributed by atoms with Gasteiger partial charge < -0.3 is 30.3 Å². The van der Waals surface area contributed by atoms with Crippen LogP contribution in [-0.2, 0) is 50.2 Å². The van der Waals surface area contributed by atoms with E-state index in [4.69, 9.17) is 74.7 Å². The van der Waals surface area contributed by atoms with Crippen molar-refractivity contribution in [3.8, 4) is 24.5 Å². The number of anilines is 2. The second kappa shape index (κ2) is 36.1. The van der Waals surface area contributed by atoms with E-state index in [1.165, 1.54) is 43.5 Å². The van der Waals surface area contributed by atoms with Crippen LogP contribution in [0.15, 0.2) is 114 Å². The number of hydrogen-bond acceptors (Lipinski definition) is 15. The average Bonchev–Trinajstić information content (AvgIpc) is 1.35. The Morgan fingerprint density at radius 3 is 1.73 bits per heavy atom. The molecule has 4 aromatic carbocycles. The average molecular weight is 1430 g/mol. The maximum atomic E-state index is 14.2. The van der Waals surface area contributed by atoms with E-state index < -0.39 is 42.4 Å². The molecule has 0 unspecified atom stereocenters. The molecule has 0 aliphatic carbocycles. The maximum absolute atomic E-state index is 14.2. The molecule has 1 aliphatic heterocycles. The van der Waals surface area contributed by atoms with Gasteiger partial charge in [-0.3, -0.25) is 9.97 Å². The molecule has 2 atom stereocenters. The van der Waals surface area contributed by atoms with Gasteiger partial charge >= 0.3 is 24.0 Å². The van der Waals surface area contributed by atoms with Crippen LogP contribution in [0.4, 0.5) is 28.9 Å². The van der Waals surface area contributed by atoms with Crippen molar-refractivity contribution in [2.75, 3.05) is 50.2 Å². The second-order valence-electron chi connectivity index (χ2n) is 22.4. The summed E-state index contributed by atoms with van der Waals surface area (Å²) in [6.07, 6.45) is 12.4. The molecule has 9 rings (SSSR count). The molecule has 4 N–H and O–H groups in total. The number of hydrogen-bond donors (Lipinski definition) is 4. The molecular weight excluding hydrogens is 1360 g/mol. The molecule has 1 fully saturated rings. The molecule has 8 aromatic rings. The van der Waals surface area contributed by atoms with Gasteiger partial charge in [-0.15, -0.1) is 22.9 Å². The first-order valence-electron chi connectivity index (χ1n) is 29.1. The van der Waals surface area contributed by atoms with Gasteiger partial charge in [-0.05, 0) is 124 Å². The fourth-order valence-corrected chi connectivity index (χ4v) is 9.96. The number of alkyl halides is 4. The number of halogens is 8. The number of thiophene rings is 1. The fourth-order valence-electron chi connectivity index (χ4n) is 8.32. The van der Waals surface area contributed by atoms with Gasteiger partial charge in [0.2, 0.25) is 0 Å². The number of aliphatic hydroxyl groups excluding tert-OH is 1. The smallest absolute Gasteiger partial charge is 0.420 e. The van der Waals surface area contributed by atoms with Crippen LogP contribution in [0.5, 0.6) is 0 Å². The maximum Gasteiger partial charge on any atom is 0.420 e. The summed E-state index contributed by atoms with van der Waals surface area (Å²) in [5, 5.41) is 57.2. The first kappa shape index (κ1) is 74.3. The Bertz CT molecular complexity index is 4130. The Morgan fingerprint density at radius 2 is 1.33 bits per heavy atom. The molecule has 4 aromatic heterocycles. The van der Waals surface area contributed by atoms with Crippen molar-refractivity contribution in [3.63, 3.8) is 0 Å². The molecule has 18 nitrogen and oxygen atoms in total. The number of fused-ring (bicyclic) bond motifs is 2. The van der Waals surface area contributed by atoms with Crippen molar-refractivity contribution in [3.05, 3.63) is 183 Å². The van der Waals surface area contributed by atoms with Gasteiger partial charge in [0.05, 0.1) is 68.0 Å². The van der Waals surface area contributed by atoms with Crippen LogP contribution in [0.25, 0.3) is 32.2 Å². The third-order valence-corrected chi connectivity index (χ3v) is 14.8. The van der Waals surface area contributed by atoms with E-state index in [-0.39, 0.29) is 62.7 Å². The number of benzene rings is 4. The monoisotopic (exact) mass is 1420 g/mol. The first-order valence-corrected chi connectivity index (χ1v) is 30.5. The summed E-state index contributed by atoms with van der Waals surface area (Å²) >= 11 is 27.2. The van der Waals surface area contributed by atoms with Gasteiger partial charge in [-0.25, -0.2) is 9.59 Å². The van der Waals surface area contributed by atoms with E-state index in [9.17, 15) is 39.0 Å². The van der Waals surface area contributed by atoms with Gasteiger partial charge in [0.15, 0.2) is 0 Å². The zero-order valence-electron chi connectivity index (χ0n) is 53.3. The standard InChI is InChI=1S/C27H26Cl2F2N6O.C25H23Cl2N3.C5H4O2S.C4H5F2N3O2.C4H8O.Cu/c1-26(2,3)14-34-24-17(11-32)12-33-25-20(24)9-16(10-22(25)29)8-19(18-6-4-5-7-21(18)28)23-13-37(36-35-23)27(30,31)15-38;1-5-17(19-8-6-7-9-21(19)26)10-16-11-20-23(30-15-25(2,3)4)18(13-28)14-29-24(20)22(27)12-16;6-5(7)4-2-1-3-8-4;1-2-11-3(10)4(5,6)8-9-7;1-2-4-5-3-1;/h4-7,9-10,12-13,19,38H,8,14-15H2,1-3H3,(H,33,34);1,6-9,11-12,14,17H,10,15H2,2-4H3,(H,29,30);1-3H,(H,6,7);2H2,1H3;1-4H2;/t19-;17-;;;;/m11..../s1/i19D;17D;;;;. The molecule has 495 valence electrons. The number of ether oxygens (including phenoxy) is 2. The van der Waals surface area contributed by atoms with Crippen LogP contribution in [0.1, 0.15) is 125 Å². The molecule has 0 saturated carbocycles. The number of esters is 1. The molecule has 1 aliphatic rings. The van der Waals surface area contributed by atoms with Crippen LogP contribution in [0, 0.1) is 45.8 Å². The molecule has 1 saturated heterocycles. The number of carboxylic acids is 1. The number of terminal acetylenes is 1. The van der Waals surface area contributed by atoms with Crippen LogP contribution < -0.4 is 10.6 Å². The molecule has 0 amide bonds. The summed E-state index contributed by atoms with van der Waals surface area (Å²) in [5.41, 5.74) is 12.7. The van der Waals surface area contributed by atoms with Gasteiger partial charge in [-0.2, -0.15) is 32.8 Å². The summed E-state index contributed by atoms with van der Waals surface area (Å²) in [6.45, 7) is 15.4. The van der Waals surface area contributed by atoms with E-state index in [0.717, 1.165) is 30.4 Å². The molecule has 1 radical (unpaired) electrons. The Morgan fingerprint density at radius 1 is 0.828 bits per heavy atom. The Kier molecular flexibility index (Phi) is 28.8. The predicted octanol–water partition coefficient (Wildman–Crippen LogP) is 16.9. The summed E-state index contributed by atoms with van der Waals surface area (Å²) < 4.78 is 80.0. The van der Waals surface area contributed by atoms with Crippen molar-refractivity contribution in [1.82, 2.24) is 25.0 Å². The minimum atomic E-state index is -4.09. The molecule has 93 heavy (non-hydrogen) atoms. The Hall–Kier alpha value is -7.75. The number of nitrogens with one attached hydrogen (secondary N) is 2. The number of azide groups is 1. The number of aliphatic hydroxyl groups is 1. The largest absolute Gasteiger partial charge is 0.477 e. The SMILES string of the molecule is C1CCOC1.CCOC(=O)C(F)(F)N=[N+]=[N-].O=C(O)c1cccs1.[2H][C@@](C#C)(Cc1cc(Cl)c2ncc(C#N)c(NCC(C)(C)C)c2c1)c1ccccc1Cl.[2H][C@](Cc1cc(Cl)c2ncc(C#N)c(NCC(C)(C)C)c2c1)(c1cn(C(F)(F)CO)nn1)c1ccccc1Cl.[Cu]. The summed E-state index contributed by atoms with van der Waals surface area (Å²) in [5.74, 6) is -3.23. The topological polar surface area (TPSA) is 270 Å². The fraction of sp³-hybridized carbons (Fsp3) is 0.354. The first-order chi connectivity index (χ1) is 44.2. The van der Waals surface area contributed by atoms with Gasteiger partial charge in [0.1, 0.15) is 23.6 Å². The molecule has 28 heteroatoms. The van der Waals surface area contributed by atoms with Crippen LogP contribution in [0.3, 0.4) is 0 Å². The van der Waals surface area contributed by atoms with E-state index in [1.807, 2.05) is 17.2 Å². The van der Waals surface area contributed by atoms with Crippen LogP contribution in [0.2, 0.25) is 20.1 Å². The van der Waals surface area contributed by atoms with Crippen molar-refractivity contribution in [1.29, 1.82) is 10.5 Å². The summed E-state index contributed by atoms with van der Waals surface area (Å²) in [6, 6.07) is 20.6. The predicted molar refractivity (Wildman–Crippen MR) is 352 cm³/mol. The molecular formula is C65H66Cl4CuF4N12O6S. The number of rotatable bonds is 17. The van der Waals surface area contributed by atoms with Gasteiger partial charge in [-0.1, -0.05) is 142 Å². The minimum Gasteiger partial charge on any atom is -0.477 e. The van der Waals surface area contributed by atoms with E-state index >= 15 is 0 Å². The zero-order chi connectivity index (χ0) is 69.8. The molecule has 0 spiro atoms. The number of nitriles is 2. The van der Waals surface area contributed by atoms with E-state index in [0.29, 0.717) is 88.6 Å². The molecule has 5 heterocycles. The van der Waals surface area contributed by atoms with Crippen molar-refractivity contribution in [2.24, 2.45) is 15.9 Å². The van der Waals surface area contributed by atoms with Crippen LogP contribution in [-0.4, -0.2) is 92.7 Å². The number of pyridine rings is 2.